The first-order valence-corrected chi connectivity index (χ1v) is 9.92. The minimum absolute atomic E-state index is 0.0435. The largest absolute Gasteiger partial charge is 0.477 e. The van der Waals surface area contributed by atoms with Crippen LogP contribution in [0.4, 0.5) is 19.6 Å². The third-order valence-corrected chi connectivity index (χ3v) is 6.44. The molecule has 2 N–H and O–H groups in total. The Labute approximate surface area is 167 Å². The van der Waals surface area contributed by atoms with Crippen molar-refractivity contribution in [3.63, 3.8) is 0 Å². The fourth-order valence-electron chi connectivity index (χ4n) is 3.82. The minimum atomic E-state index is -1.41. The Hall–Kier alpha value is -3.01. The molecule has 2 aliphatic rings. The molecule has 29 heavy (non-hydrogen) atoms. The molecule has 0 saturated heterocycles. The van der Waals surface area contributed by atoms with Crippen LogP contribution >= 0.6 is 11.3 Å². The summed E-state index contributed by atoms with van der Waals surface area (Å²) < 4.78 is 32.0. The van der Waals surface area contributed by atoms with E-state index in [0.29, 0.717) is 6.54 Å². The predicted molar refractivity (Wildman–Crippen MR) is 105 cm³/mol. The Morgan fingerprint density at radius 2 is 2.10 bits per heavy atom. The molecule has 0 spiro atoms. The van der Waals surface area contributed by atoms with Crippen molar-refractivity contribution in [1.29, 1.82) is 0 Å². The van der Waals surface area contributed by atoms with Crippen LogP contribution in [0.15, 0.2) is 17.1 Å². The van der Waals surface area contributed by atoms with Gasteiger partial charge in [-0.15, -0.1) is 0 Å². The van der Waals surface area contributed by atoms with Gasteiger partial charge in [-0.05, 0) is 18.9 Å². The highest BCUT2D eigenvalue weighted by Crippen LogP contribution is 2.41. The summed E-state index contributed by atoms with van der Waals surface area (Å²) >= 11 is 1.43. The van der Waals surface area contributed by atoms with Gasteiger partial charge in [0.1, 0.15) is 17.1 Å². The summed E-state index contributed by atoms with van der Waals surface area (Å²) in [5.74, 6) is -3.14. The number of thiazole rings is 1. The molecular weight excluding hydrogens is 402 g/mol. The predicted octanol–water partition coefficient (Wildman–Crippen LogP) is 3.33. The summed E-state index contributed by atoms with van der Waals surface area (Å²) in [5, 5.41) is 12.8. The van der Waals surface area contributed by atoms with Crippen molar-refractivity contribution in [3.8, 4) is 0 Å². The Morgan fingerprint density at radius 1 is 1.34 bits per heavy atom. The zero-order chi connectivity index (χ0) is 20.4. The number of benzene rings is 1. The monoisotopic (exact) mass is 418 g/mol. The first kappa shape index (κ1) is 18.0. The molecule has 150 valence electrons. The molecule has 1 saturated carbocycles. The van der Waals surface area contributed by atoms with Gasteiger partial charge in [-0.1, -0.05) is 11.3 Å². The number of hydrogen-bond acceptors (Lipinski definition) is 6. The summed E-state index contributed by atoms with van der Waals surface area (Å²) in [5.41, 5.74) is -0.861. The molecule has 2 aromatic heterocycles. The number of rotatable bonds is 4. The molecular formula is C19H16F2N4O3S. The van der Waals surface area contributed by atoms with Crippen molar-refractivity contribution < 1.29 is 18.7 Å². The quantitative estimate of drug-likeness (QED) is 0.676. The van der Waals surface area contributed by atoms with Crippen molar-refractivity contribution in [1.82, 2.24) is 9.55 Å². The molecule has 7 nitrogen and oxygen atoms in total. The SMILES string of the molecule is CNc1nc2c(s1)CN(c1c(F)cc3c(=O)c(C(=O)O)cn(C4CC4)c3c1F)C2. The normalized spacial score (nSPS) is 15.8. The van der Waals surface area contributed by atoms with Gasteiger partial charge in [-0.2, -0.15) is 0 Å². The molecule has 0 atom stereocenters. The standard InChI is InChI=1S/C19H16F2N4O3S/c1-22-19-23-12-6-24(7-13(12)29-19)16-11(20)4-9-15(14(16)21)25(8-2-3-8)5-10(17(9)26)18(27)28/h4-5,8H,2-3,6-7H2,1H3,(H,22,23)(H,27,28). The summed E-state index contributed by atoms with van der Waals surface area (Å²) in [6.07, 6.45) is 2.68. The van der Waals surface area contributed by atoms with Gasteiger partial charge in [-0.3, -0.25) is 4.79 Å². The first-order valence-electron chi connectivity index (χ1n) is 9.10. The molecule has 0 radical (unpaired) electrons. The van der Waals surface area contributed by atoms with E-state index < -0.39 is 28.6 Å². The van der Waals surface area contributed by atoms with Crippen LogP contribution in [0.1, 0.15) is 39.8 Å². The number of aromatic nitrogens is 2. The molecule has 1 aliphatic carbocycles. The zero-order valence-electron chi connectivity index (χ0n) is 15.3. The van der Waals surface area contributed by atoms with Crippen molar-refractivity contribution in [3.05, 3.63) is 50.3 Å². The van der Waals surface area contributed by atoms with Crippen molar-refractivity contribution in [2.45, 2.75) is 32.0 Å². The number of hydrogen-bond donors (Lipinski definition) is 2. The van der Waals surface area contributed by atoms with Crippen LogP contribution in [0.25, 0.3) is 10.9 Å². The number of anilines is 2. The summed E-state index contributed by atoms with van der Waals surface area (Å²) in [6.45, 7) is 0.572. The number of fused-ring (bicyclic) bond motifs is 2. The van der Waals surface area contributed by atoms with Gasteiger partial charge >= 0.3 is 5.97 Å². The highest BCUT2D eigenvalue weighted by molar-refractivity contribution is 7.15. The number of nitrogens with one attached hydrogen (secondary N) is 1. The summed E-state index contributed by atoms with van der Waals surface area (Å²) in [4.78, 5) is 30.9. The van der Waals surface area contributed by atoms with E-state index in [9.17, 15) is 19.1 Å². The molecule has 1 aromatic carbocycles. The van der Waals surface area contributed by atoms with E-state index in [4.69, 9.17) is 0 Å². The Balaban J connectivity index is 1.69. The Morgan fingerprint density at radius 3 is 2.72 bits per heavy atom. The van der Waals surface area contributed by atoms with Crippen molar-refractivity contribution in [2.24, 2.45) is 0 Å². The number of aromatic carboxylic acids is 1. The van der Waals surface area contributed by atoms with E-state index in [1.807, 2.05) is 0 Å². The van der Waals surface area contributed by atoms with E-state index in [1.165, 1.54) is 22.1 Å². The molecule has 0 unspecified atom stereocenters. The third-order valence-electron chi connectivity index (χ3n) is 5.34. The van der Waals surface area contributed by atoms with Crippen LogP contribution in [0, 0.1) is 11.6 Å². The average Bonchev–Trinajstić information content (AvgIpc) is 3.33. The number of halogens is 2. The lowest BCUT2D eigenvalue weighted by Crippen LogP contribution is -2.23. The second kappa shape index (κ2) is 6.24. The van der Waals surface area contributed by atoms with Crippen LogP contribution in [-0.4, -0.2) is 27.7 Å². The van der Waals surface area contributed by atoms with E-state index in [0.717, 1.165) is 34.6 Å². The topological polar surface area (TPSA) is 87.5 Å². The van der Waals surface area contributed by atoms with Crippen LogP contribution in [0.5, 0.6) is 0 Å². The molecule has 3 heterocycles. The lowest BCUT2D eigenvalue weighted by Gasteiger charge is -2.22. The molecule has 1 fully saturated rings. The van der Waals surface area contributed by atoms with Gasteiger partial charge in [0.25, 0.3) is 0 Å². The highest BCUT2D eigenvalue weighted by atomic mass is 32.1. The molecule has 5 rings (SSSR count). The fourth-order valence-corrected chi connectivity index (χ4v) is 4.76. The van der Waals surface area contributed by atoms with E-state index >= 15 is 4.39 Å². The third kappa shape index (κ3) is 2.70. The van der Waals surface area contributed by atoms with Gasteiger partial charge in [0.2, 0.25) is 5.43 Å². The molecule has 0 bridgehead atoms. The molecule has 0 amide bonds. The van der Waals surface area contributed by atoms with Gasteiger partial charge in [0, 0.05) is 19.3 Å². The van der Waals surface area contributed by atoms with Crippen LogP contribution < -0.4 is 15.6 Å². The van der Waals surface area contributed by atoms with Crippen LogP contribution in [0.3, 0.4) is 0 Å². The Kier molecular flexibility index (Phi) is 3.89. The number of carboxylic acid groups (broad SMARTS) is 1. The second-order valence-corrected chi connectivity index (χ2v) is 8.31. The maximum atomic E-state index is 15.6. The van der Waals surface area contributed by atoms with Gasteiger partial charge < -0.3 is 19.9 Å². The van der Waals surface area contributed by atoms with E-state index in [1.54, 1.807) is 11.9 Å². The smallest absolute Gasteiger partial charge is 0.341 e. The fraction of sp³-hybridized carbons (Fsp3) is 0.316. The molecule has 3 aromatic rings. The Bertz CT molecular complexity index is 1230. The zero-order valence-corrected chi connectivity index (χ0v) is 16.1. The number of carbonyl (C=O) groups is 1. The van der Waals surface area contributed by atoms with E-state index in [-0.39, 0.29) is 29.2 Å². The number of pyridine rings is 1. The molecule has 10 heteroatoms. The lowest BCUT2D eigenvalue weighted by atomic mass is 10.1. The second-order valence-electron chi connectivity index (χ2n) is 7.23. The maximum absolute atomic E-state index is 15.6. The first-order chi connectivity index (χ1) is 13.9. The van der Waals surface area contributed by atoms with Crippen LogP contribution in [0.2, 0.25) is 0 Å². The van der Waals surface area contributed by atoms with Crippen molar-refractivity contribution >= 4 is 39.0 Å². The van der Waals surface area contributed by atoms with Crippen molar-refractivity contribution in [2.75, 3.05) is 17.3 Å². The van der Waals surface area contributed by atoms with Gasteiger partial charge in [0.15, 0.2) is 10.9 Å². The highest BCUT2D eigenvalue weighted by Gasteiger charge is 2.33. The van der Waals surface area contributed by atoms with Gasteiger partial charge in [0.05, 0.1) is 34.6 Å². The summed E-state index contributed by atoms with van der Waals surface area (Å²) in [7, 11) is 1.76. The minimum Gasteiger partial charge on any atom is -0.477 e. The molecule has 1 aliphatic heterocycles. The maximum Gasteiger partial charge on any atom is 0.341 e. The lowest BCUT2D eigenvalue weighted by molar-refractivity contribution is 0.0695. The average molecular weight is 418 g/mol. The number of carboxylic acids is 1. The van der Waals surface area contributed by atoms with Crippen LogP contribution in [-0.2, 0) is 13.1 Å². The van der Waals surface area contributed by atoms with E-state index in [2.05, 4.69) is 10.3 Å². The summed E-state index contributed by atoms with van der Waals surface area (Å²) in [6, 6.07) is 0.865. The number of nitrogens with zero attached hydrogens (tertiary/aromatic N) is 3. The van der Waals surface area contributed by atoms with Gasteiger partial charge in [-0.25, -0.2) is 18.6 Å².